The highest BCUT2D eigenvalue weighted by Crippen LogP contribution is 2.30. The first-order chi connectivity index (χ1) is 13.8. The first-order valence-corrected chi connectivity index (χ1v) is 10.0. The molecule has 7 nitrogen and oxygen atoms in total. The molecule has 2 N–H and O–H groups in total. The van der Waals surface area contributed by atoms with E-state index in [-0.39, 0.29) is 23.4 Å². The highest BCUT2D eigenvalue weighted by molar-refractivity contribution is 7.99. The molecule has 0 aliphatic rings. The summed E-state index contributed by atoms with van der Waals surface area (Å²) >= 11 is 1.21. The number of nitriles is 1. The number of nitrogens with zero attached hydrogens (tertiary/aromatic N) is 4. The lowest BCUT2D eigenvalue weighted by molar-refractivity contribution is -0.113. The summed E-state index contributed by atoms with van der Waals surface area (Å²) in [6.45, 7) is 7.67. The van der Waals surface area contributed by atoms with Gasteiger partial charge < -0.3 is 5.32 Å². The van der Waals surface area contributed by atoms with Crippen molar-refractivity contribution in [1.29, 1.82) is 5.26 Å². The van der Waals surface area contributed by atoms with E-state index in [1.807, 2.05) is 27.7 Å². The number of halogens is 1. The summed E-state index contributed by atoms with van der Waals surface area (Å²) in [5.41, 5.74) is 2.60. The number of nitrogens with one attached hydrogen (secondary N) is 2. The predicted octanol–water partition coefficient (Wildman–Crippen LogP) is 4.08. The maximum atomic E-state index is 13.3. The average molecular weight is 412 g/mol. The van der Waals surface area contributed by atoms with Crippen LogP contribution >= 0.6 is 11.8 Å². The molecule has 0 saturated heterocycles. The number of thioether (sulfide) groups is 1. The van der Waals surface area contributed by atoms with Gasteiger partial charge in [0.15, 0.2) is 0 Å². The zero-order valence-electron chi connectivity index (χ0n) is 16.6. The van der Waals surface area contributed by atoms with Crippen LogP contribution in [0.15, 0.2) is 29.4 Å². The van der Waals surface area contributed by atoms with E-state index >= 15 is 0 Å². The SMILES string of the molecule is Cc1c(C#N)c(NC(=O)CSc2n[nH]c(C(C)C)n2)n(-c2ccc(F)cc2)c1C. The largest absolute Gasteiger partial charge is 0.310 e. The molecule has 2 heterocycles. The number of carbonyl (C=O) groups is 1. The molecular formula is C20H21FN6OS. The zero-order chi connectivity index (χ0) is 21.1. The van der Waals surface area contributed by atoms with Crippen molar-refractivity contribution in [3.8, 4) is 11.8 Å². The Kier molecular flexibility index (Phi) is 6.03. The highest BCUT2D eigenvalue weighted by atomic mass is 32.2. The van der Waals surface area contributed by atoms with Crippen molar-refractivity contribution in [2.45, 2.75) is 38.8 Å². The minimum absolute atomic E-state index is 0.0902. The Hall–Kier alpha value is -3.12. The van der Waals surface area contributed by atoms with Crippen LogP contribution in [0.3, 0.4) is 0 Å². The van der Waals surface area contributed by atoms with Gasteiger partial charge in [0.2, 0.25) is 11.1 Å². The molecule has 0 atom stereocenters. The van der Waals surface area contributed by atoms with Crippen LogP contribution in [0.5, 0.6) is 0 Å². The predicted molar refractivity (Wildman–Crippen MR) is 110 cm³/mol. The molecule has 0 saturated carbocycles. The van der Waals surface area contributed by atoms with Crippen molar-refractivity contribution in [2.24, 2.45) is 0 Å². The van der Waals surface area contributed by atoms with E-state index in [1.165, 1.54) is 23.9 Å². The van der Waals surface area contributed by atoms with Gasteiger partial charge in [0, 0.05) is 17.3 Å². The first-order valence-electron chi connectivity index (χ1n) is 9.04. The van der Waals surface area contributed by atoms with Crippen LogP contribution in [0.25, 0.3) is 5.69 Å². The first kappa shape index (κ1) is 20.6. The molecule has 0 spiro atoms. The number of carbonyl (C=O) groups excluding carboxylic acids is 1. The molecule has 0 aliphatic carbocycles. The molecule has 0 radical (unpaired) electrons. The van der Waals surface area contributed by atoms with Gasteiger partial charge in [-0.25, -0.2) is 9.37 Å². The number of hydrogen-bond donors (Lipinski definition) is 2. The minimum Gasteiger partial charge on any atom is -0.310 e. The molecule has 29 heavy (non-hydrogen) atoms. The van der Waals surface area contributed by atoms with Gasteiger partial charge in [-0.1, -0.05) is 25.6 Å². The van der Waals surface area contributed by atoms with Gasteiger partial charge in [-0.05, 0) is 43.7 Å². The van der Waals surface area contributed by atoms with Crippen LogP contribution in [0, 0.1) is 31.0 Å². The second-order valence-corrected chi connectivity index (χ2v) is 7.79. The fraction of sp³-hybridized carbons (Fsp3) is 0.300. The molecule has 3 rings (SSSR count). The highest BCUT2D eigenvalue weighted by Gasteiger charge is 2.21. The average Bonchev–Trinajstić information content (AvgIpc) is 3.25. The molecule has 0 aliphatic heterocycles. The van der Waals surface area contributed by atoms with Crippen molar-refractivity contribution < 1.29 is 9.18 Å². The number of anilines is 1. The van der Waals surface area contributed by atoms with Gasteiger partial charge in [0.1, 0.15) is 23.5 Å². The molecule has 2 aromatic heterocycles. The minimum atomic E-state index is -0.356. The van der Waals surface area contributed by atoms with Crippen molar-refractivity contribution in [3.63, 3.8) is 0 Å². The summed E-state index contributed by atoms with van der Waals surface area (Å²) in [6, 6.07) is 8.05. The molecule has 9 heteroatoms. The molecule has 3 aromatic rings. The Morgan fingerprint density at radius 1 is 1.34 bits per heavy atom. The third kappa shape index (κ3) is 4.32. The van der Waals surface area contributed by atoms with Crippen molar-refractivity contribution in [2.75, 3.05) is 11.1 Å². The maximum Gasteiger partial charge on any atom is 0.236 e. The van der Waals surface area contributed by atoms with Gasteiger partial charge in [-0.2, -0.15) is 5.26 Å². The number of amides is 1. The van der Waals surface area contributed by atoms with Crippen molar-refractivity contribution in [1.82, 2.24) is 19.7 Å². The summed E-state index contributed by atoms with van der Waals surface area (Å²) in [5, 5.41) is 19.9. The Balaban J connectivity index is 1.83. The Bertz CT molecular complexity index is 1080. The van der Waals surface area contributed by atoms with E-state index in [0.717, 1.165) is 17.1 Å². The van der Waals surface area contributed by atoms with Gasteiger partial charge >= 0.3 is 0 Å². The molecule has 150 valence electrons. The van der Waals surface area contributed by atoms with Crippen molar-refractivity contribution in [3.05, 3.63) is 52.7 Å². The third-order valence-corrected chi connectivity index (χ3v) is 5.38. The number of H-pyrrole nitrogens is 1. The smallest absolute Gasteiger partial charge is 0.236 e. The lowest BCUT2D eigenvalue weighted by atomic mass is 10.2. The monoisotopic (exact) mass is 412 g/mol. The Morgan fingerprint density at radius 3 is 2.62 bits per heavy atom. The lowest BCUT2D eigenvalue weighted by Crippen LogP contribution is -2.17. The topological polar surface area (TPSA) is 99.4 Å². The van der Waals surface area contributed by atoms with E-state index in [1.54, 1.807) is 16.7 Å². The summed E-state index contributed by atoms with van der Waals surface area (Å²) < 4.78 is 15.1. The fourth-order valence-corrected chi connectivity index (χ4v) is 3.46. The van der Waals surface area contributed by atoms with Crippen LogP contribution in [-0.4, -0.2) is 31.4 Å². The van der Waals surface area contributed by atoms with E-state index in [9.17, 15) is 14.4 Å². The van der Waals surface area contributed by atoms with E-state index < -0.39 is 0 Å². The standard InChI is InChI=1S/C20H21FN6OS/c1-11(2)18-24-20(26-25-18)29-10-17(28)23-19-16(9-22)12(3)13(4)27(19)15-7-5-14(21)6-8-15/h5-8,11H,10H2,1-4H3,(H,23,28)(H,24,25,26). The molecule has 0 fully saturated rings. The zero-order valence-corrected chi connectivity index (χ0v) is 17.4. The van der Waals surface area contributed by atoms with Crippen LogP contribution in [0.1, 0.15) is 42.4 Å². The van der Waals surface area contributed by atoms with E-state index in [2.05, 4.69) is 26.6 Å². The number of benzene rings is 1. The molecule has 0 bridgehead atoms. The third-order valence-electron chi connectivity index (χ3n) is 4.53. The van der Waals surface area contributed by atoms with Crippen LogP contribution in [-0.2, 0) is 4.79 Å². The summed E-state index contributed by atoms with van der Waals surface area (Å²) in [7, 11) is 0. The molecular weight excluding hydrogens is 391 g/mol. The Labute approximate surface area is 172 Å². The van der Waals surface area contributed by atoms with Gasteiger partial charge in [-0.15, -0.1) is 5.10 Å². The van der Waals surface area contributed by atoms with Crippen LogP contribution in [0.4, 0.5) is 10.2 Å². The van der Waals surface area contributed by atoms with E-state index in [0.29, 0.717) is 22.2 Å². The van der Waals surface area contributed by atoms with Gasteiger partial charge in [0.25, 0.3) is 0 Å². The molecule has 1 amide bonds. The summed E-state index contributed by atoms with van der Waals surface area (Å²) in [6.07, 6.45) is 0. The number of aromatic amines is 1. The molecule has 1 aromatic carbocycles. The number of aromatic nitrogens is 4. The number of hydrogen-bond acceptors (Lipinski definition) is 5. The van der Waals surface area contributed by atoms with Gasteiger partial charge in [-0.3, -0.25) is 14.5 Å². The van der Waals surface area contributed by atoms with Crippen LogP contribution < -0.4 is 5.32 Å². The van der Waals surface area contributed by atoms with Crippen LogP contribution in [0.2, 0.25) is 0 Å². The van der Waals surface area contributed by atoms with Crippen molar-refractivity contribution >= 4 is 23.5 Å². The van der Waals surface area contributed by atoms with E-state index in [4.69, 9.17) is 0 Å². The summed E-state index contributed by atoms with van der Waals surface area (Å²) in [4.78, 5) is 16.9. The summed E-state index contributed by atoms with van der Waals surface area (Å²) in [5.74, 6) is 0.795. The maximum absolute atomic E-state index is 13.3. The lowest BCUT2D eigenvalue weighted by Gasteiger charge is -2.13. The molecule has 0 unspecified atom stereocenters. The fourth-order valence-electron chi connectivity index (χ4n) is 2.85. The second kappa shape index (κ2) is 8.49. The van der Waals surface area contributed by atoms with Gasteiger partial charge in [0.05, 0.1) is 11.3 Å². The Morgan fingerprint density at radius 2 is 2.03 bits per heavy atom. The number of rotatable bonds is 6. The second-order valence-electron chi connectivity index (χ2n) is 6.85. The normalized spacial score (nSPS) is 10.9. The quantitative estimate of drug-likeness (QED) is 0.595.